The van der Waals surface area contributed by atoms with Crippen LogP contribution in [0.4, 0.5) is 0 Å². The number of alkyl halides is 1. The van der Waals surface area contributed by atoms with Gasteiger partial charge in [0.2, 0.25) is 5.91 Å². The first-order valence-electron chi connectivity index (χ1n) is 6.74. The van der Waals surface area contributed by atoms with Crippen LogP contribution in [0, 0.1) is 5.92 Å². The van der Waals surface area contributed by atoms with E-state index < -0.39 is 0 Å². The molecule has 2 rings (SSSR count). The van der Waals surface area contributed by atoms with Gasteiger partial charge in [0, 0.05) is 23.9 Å². The van der Waals surface area contributed by atoms with Crippen molar-refractivity contribution in [3.8, 4) is 0 Å². The molecule has 2 fully saturated rings. The first-order valence-corrected chi connectivity index (χ1v) is 7.65. The maximum absolute atomic E-state index is 11.8. The molecule has 0 aromatic heterocycles. The van der Waals surface area contributed by atoms with Crippen LogP contribution in [-0.2, 0) is 9.53 Å². The number of carbonyl (C=O) groups is 1. The highest BCUT2D eigenvalue weighted by molar-refractivity contribution is 9.09. The first kappa shape index (κ1) is 13.3. The predicted octanol–water partition coefficient (Wildman–Crippen LogP) is 2.62. The monoisotopic (exact) mass is 303 g/mol. The van der Waals surface area contributed by atoms with Crippen LogP contribution < -0.4 is 5.32 Å². The van der Waals surface area contributed by atoms with Crippen molar-refractivity contribution >= 4 is 21.8 Å². The second-order valence-corrected chi connectivity index (χ2v) is 6.42. The molecule has 0 bridgehead atoms. The molecule has 0 aromatic carbocycles. The number of ether oxygens (including phenoxy) is 1. The van der Waals surface area contributed by atoms with Gasteiger partial charge < -0.3 is 10.1 Å². The Morgan fingerprint density at radius 3 is 2.76 bits per heavy atom. The summed E-state index contributed by atoms with van der Waals surface area (Å²) in [5.74, 6) is 0.767. The van der Waals surface area contributed by atoms with Gasteiger partial charge in [0.25, 0.3) is 0 Å². The fraction of sp³-hybridized carbons (Fsp3) is 0.923. The zero-order valence-corrected chi connectivity index (χ0v) is 12.0. The molecule has 0 heterocycles. The Morgan fingerprint density at radius 2 is 2.18 bits per heavy atom. The minimum atomic E-state index is 0.223. The molecule has 2 aliphatic carbocycles. The number of rotatable bonds is 5. The molecule has 2 atom stereocenters. The van der Waals surface area contributed by atoms with Gasteiger partial charge in [-0.3, -0.25) is 4.79 Å². The third-order valence-electron chi connectivity index (χ3n) is 3.85. The third-order valence-corrected chi connectivity index (χ3v) is 4.94. The molecule has 98 valence electrons. The molecule has 1 N–H and O–H groups in total. The molecule has 0 radical (unpaired) electrons. The molecular weight excluding hydrogens is 282 g/mol. The Kier molecular flexibility index (Phi) is 4.86. The Labute approximate surface area is 112 Å². The lowest BCUT2D eigenvalue weighted by atomic mass is 9.80. The number of amides is 1. The van der Waals surface area contributed by atoms with Crippen LogP contribution >= 0.6 is 15.9 Å². The van der Waals surface area contributed by atoms with E-state index in [9.17, 15) is 4.79 Å². The van der Waals surface area contributed by atoms with Crippen LogP contribution in [0.2, 0.25) is 0 Å². The average Bonchev–Trinajstić information content (AvgIpc) is 2.61. The number of halogens is 1. The van der Waals surface area contributed by atoms with Gasteiger partial charge in [0.05, 0.1) is 6.10 Å². The summed E-state index contributed by atoms with van der Waals surface area (Å²) in [6.07, 6.45) is 6.73. The fourth-order valence-electron chi connectivity index (χ4n) is 2.82. The molecule has 4 heteroatoms. The minimum absolute atomic E-state index is 0.223. The van der Waals surface area contributed by atoms with Gasteiger partial charge in [-0.15, -0.1) is 0 Å². The number of hydrogen-bond donors (Lipinski definition) is 1. The van der Waals surface area contributed by atoms with Crippen molar-refractivity contribution in [2.75, 3.05) is 6.61 Å². The zero-order chi connectivity index (χ0) is 12.3. The fourth-order valence-corrected chi connectivity index (χ4v) is 3.54. The Morgan fingerprint density at radius 1 is 1.41 bits per heavy atom. The first-order chi connectivity index (χ1) is 8.19. The van der Waals surface area contributed by atoms with E-state index in [1.807, 2.05) is 6.92 Å². The number of nitrogens with one attached hydrogen (secondary N) is 1. The van der Waals surface area contributed by atoms with E-state index in [-0.39, 0.29) is 5.91 Å². The van der Waals surface area contributed by atoms with Crippen molar-refractivity contribution in [1.82, 2.24) is 5.32 Å². The third kappa shape index (κ3) is 3.68. The number of carbonyl (C=O) groups excluding carboxylic acids is 1. The summed E-state index contributed by atoms with van der Waals surface area (Å²) in [5.41, 5.74) is 0. The highest BCUT2D eigenvalue weighted by Gasteiger charge is 2.32. The lowest BCUT2D eigenvalue weighted by Gasteiger charge is -2.34. The molecule has 0 saturated heterocycles. The zero-order valence-electron chi connectivity index (χ0n) is 10.5. The summed E-state index contributed by atoms with van der Waals surface area (Å²) in [6.45, 7) is 2.81. The van der Waals surface area contributed by atoms with E-state index in [0.29, 0.717) is 29.3 Å². The van der Waals surface area contributed by atoms with Crippen LogP contribution in [-0.4, -0.2) is 29.5 Å². The Bertz CT molecular complexity index is 266. The summed E-state index contributed by atoms with van der Waals surface area (Å²) in [6, 6.07) is 0.352. The minimum Gasteiger partial charge on any atom is -0.378 e. The lowest BCUT2D eigenvalue weighted by Crippen LogP contribution is -2.41. The molecule has 0 aliphatic heterocycles. The Hall–Kier alpha value is -0.0900. The van der Waals surface area contributed by atoms with Crippen molar-refractivity contribution in [1.29, 1.82) is 0 Å². The van der Waals surface area contributed by atoms with Gasteiger partial charge in [0.15, 0.2) is 0 Å². The molecule has 2 unspecified atom stereocenters. The normalized spacial score (nSPS) is 36.6. The van der Waals surface area contributed by atoms with Gasteiger partial charge in [-0.2, -0.15) is 0 Å². The van der Waals surface area contributed by atoms with Crippen LogP contribution in [0.15, 0.2) is 0 Å². The van der Waals surface area contributed by atoms with E-state index in [0.717, 1.165) is 25.9 Å². The summed E-state index contributed by atoms with van der Waals surface area (Å²) >= 11 is 3.63. The van der Waals surface area contributed by atoms with Gasteiger partial charge in [0.1, 0.15) is 0 Å². The second kappa shape index (κ2) is 6.19. The molecule has 0 aromatic rings. The molecule has 2 saturated carbocycles. The topological polar surface area (TPSA) is 38.3 Å². The molecule has 2 aliphatic rings. The molecule has 0 spiro atoms. The summed E-state index contributed by atoms with van der Waals surface area (Å²) in [7, 11) is 0. The Balaban J connectivity index is 1.62. The van der Waals surface area contributed by atoms with Gasteiger partial charge in [-0.1, -0.05) is 22.4 Å². The SMILES string of the molecule is CCOC1CC(CC(=O)NC2CCCC2Br)C1. The molecule has 3 nitrogen and oxygen atoms in total. The highest BCUT2D eigenvalue weighted by atomic mass is 79.9. The van der Waals surface area contributed by atoms with E-state index in [1.54, 1.807) is 0 Å². The highest BCUT2D eigenvalue weighted by Crippen LogP contribution is 2.33. The van der Waals surface area contributed by atoms with E-state index in [1.165, 1.54) is 12.8 Å². The van der Waals surface area contributed by atoms with Gasteiger partial charge in [-0.25, -0.2) is 0 Å². The van der Waals surface area contributed by atoms with Crippen molar-refractivity contribution in [2.45, 2.75) is 62.4 Å². The van der Waals surface area contributed by atoms with Crippen LogP contribution in [0.5, 0.6) is 0 Å². The van der Waals surface area contributed by atoms with E-state index >= 15 is 0 Å². The molecule has 1 amide bonds. The van der Waals surface area contributed by atoms with Crippen molar-refractivity contribution in [3.63, 3.8) is 0 Å². The smallest absolute Gasteiger partial charge is 0.220 e. The van der Waals surface area contributed by atoms with Crippen molar-refractivity contribution < 1.29 is 9.53 Å². The second-order valence-electron chi connectivity index (χ2n) is 5.24. The summed E-state index contributed by atoms with van der Waals surface area (Å²) < 4.78 is 5.50. The maximum atomic E-state index is 11.8. The molecular formula is C13H22BrNO2. The van der Waals surface area contributed by atoms with E-state index in [4.69, 9.17) is 4.74 Å². The summed E-state index contributed by atoms with van der Waals surface area (Å²) in [4.78, 5) is 12.3. The number of hydrogen-bond acceptors (Lipinski definition) is 2. The van der Waals surface area contributed by atoms with Crippen molar-refractivity contribution in [2.24, 2.45) is 5.92 Å². The van der Waals surface area contributed by atoms with Crippen LogP contribution in [0.25, 0.3) is 0 Å². The molecule has 17 heavy (non-hydrogen) atoms. The van der Waals surface area contributed by atoms with Gasteiger partial charge in [-0.05, 0) is 38.5 Å². The lowest BCUT2D eigenvalue weighted by molar-refractivity contribution is -0.124. The average molecular weight is 304 g/mol. The summed E-state index contributed by atoms with van der Waals surface area (Å²) in [5, 5.41) is 3.15. The van der Waals surface area contributed by atoms with Gasteiger partial charge >= 0.3 is 0 Å². The van der Waals surface area contributed by atoms with Crippen molar-refractivity contribution in [3.05, 3.63) is 0 Å². The van der Waals surface area contributed by atoms with E-state index in [2.05, 4.69) is 21.2 Å². The van der Waals surface area contributed by atoms with Crippen LogP contribution in [0.3, 0.4) is 0 Å². The predicted molar refractivity (Wildman–Crippen MR) is 71.3 cm³/mol. The quantitative estimate of drug-likeness (QED) is 0.793. The van der Waals surface area contributed by atoms with Crippen LogP contribution in [0.1, 0.15) is 45.4 Å². The standard InChI is InChI=1S/C13H22BrNO2/c1-2-17-10-6-9(7-10)8-13(16)15-12-5-3-4-11(12)14/h9-12H,2-8H2,1H3,(H,15,16). The largest absolute Gasteiger partial charge is 0.378 e. The maximum Gasteiger partial charge on any atom is 0.220 e.